The number of carbonyl (C=O) groups is 1. The first kappa shape index (κ1) is 15.4. The summed E-state index contributed by atoms with van der Waals surface area (Å²) in [5, 5.41) is 11.8. The molecule has 1 amide bonds. The zero-order chi connectivity index (χ0) is 13.4. The quantitative estimate of drug-likeness (QED) is 0.758. The highest BCUT2D eigenvalue weighted by Crippen LogP contribution is 2.12. The van der Waals surface area contributed by atoms with E-state index in [1.54, 1.807) is 0 Å². The fourth-order valence-corrected chi connectivity index (χ4v) is 2.48. The van der Waals surface area contributed by atoms with Gasteiger partial charge in [0.05, 0.1) is 6.04 Å². The zero-order valence-electron chi connectivity index (χ0n) is 11.8. The van der Waals surface area contributed by atoms with E-state index in [0.29, 0.717) is 0 Å². The Morgan fingerprint density at radius 3 is 2.39 bits per heavy atom. The third-order valence-electron chi connectivity index (χ3n) is 3.75. The maximum atomic E-state index is 12.1. The summed E-state index contributed by atoms with van der Waals surface area (Å²) in [6, 6.07) is 0.124. The van der Waals surface area contributed by atoms with E-state index in [2.05, 4.69) is 10.2 Å². The van der Waals surface area contributed by atoms with Crippen LogP contribution in [0, 0.1) is 0 Å². The third-order valence-corrected chi connectivity index (χ3v) is 3.75. The van der Waals surface area contributed by atoms with Gasteiger partial charge < -0.3 is 10.4 Å². The summed E-state index contributed by atoms with van der Waals surface area (Å²) in [6.07, 6.45) is 6.58. The fourth-order valence-electron chi connectivity index (χ4n) is 2.48. The van der Waals surface area contributed by atoms with Crippen LogP contribution in [0.15, 0.2) is 0 Å². The first-order valence-electron chi connectivity index (χ1n) is 7.30. The van der Waals surface area contributed by atoms with Crippen molar-refractivity contribution in [1.29, 1.82) is 0 Å². The molecule has 1 aliphatic heterocycles. The van der Waals surface area contributed by atoms with Gasteiger partial charge in [-0.05, 0) is 52.6 Å². The van der Waals surface area contributed by atoms with Gasteiger partial charge in [-0.1, -0.05) is 12.8 Å². The minimum absolute atomic E-state index is 0.0281. The molecule has 0 aromatic rings. The molecule has 0 spiro atoms. The molecule has 106 valence electrons. The lowest BCUT2D eigenvalue weighted by molar-refractivity contribution is -0.126. The lowest BCUT2D eigenvalue weighted by Gasteiger charge is -2.27. The van der Waals surface area contributed by atoms with Gasteiger partial charge in [-0.25, -0.2) is 0 Å². The SMILES string of the molecule is CC(CCCO)NC(=O)C(C)N1CCCCCC1. The molecule has 1 saturated heterocycles. The molecule has 1 aliphatic rings. The monoisotopic (exact) mass is 256 g/mol. The lowest BCUT2D eigenvalue weighted by atomic mass is 10.1. The lowest BCUT2D eigenvalue weighted by Crippen LogP contribution is -2.48. The van der Waals surface area contributed by atoms with E-state index >= 15 is 0 Å². The molecule has 0 saturated carbocycles. The third kappa shape index (κ3) is 5.36. The number of likely N-dealkylation sites (tertiary alicyclic amines) is 1. The molecule has 4 heteroatoms. The number of nitrogens with zero attached hydrogens (tertiary/aromatic N) is 1. The minimum Gasteiger partial charge on any atom is -0.396 e. The Balaban J connectivity index is 2.34. The average Bonchev–Trinajstić information content (AvgIpc) is 2.64. The summed E-state index contributed by atoms with van der Waals surface area (Å²) in [5.41, 5.74) is 0. The first-order chi connectivity index (χ1) is 8.65. The van der Waals surface area contributed by atoms with Gasteiger partial charge in [-0.3, -0.25) is 9.69 Å². The van der Waals surface area contributed by atoms with Crippen molar-refractivity contribution in [1.82, 2.24) is 10.2 Å². The summed E-state index contributed by atoms with van der Waals surface area (Å²) >= 11 is 0. The molecule has 0 aromatic carbocycles. The second-order valence-electron chi connectivity index (χ2n) is 5.40. The number of amides is 1. The predicted molar refractivity (Wildman–Crippen MR) is 73.4 cm³/mol. The number of carbonyl (C=O) groups excluding carboxylic acids is 1. The average molecular weight is 256 g/mol. The number of aliphatic hydroxyl groups excluding tert-OH is 1. The summed E-state index contributed by atoms with van der Waals surface area (Å²) in [5.74, 6) is 0.127. The molecule has 1 rings (SSSR count). The van der Waals surface area contributed by atoms with Crippen LogP contribution in [0.4, 0.5) is 0 Å². The largest absolute Gasteiger partial charge is 0.396 e. The molecule has 2 unspecified atom stereocenters. The van der Waals surface area contributed by atoms with E-state index in [0.717, 1.165) is 25.9 Å². The van der Waals surface area contributed by atoms with Crippen molar-refractivity contribution in [2.45, 2.75) is 64.5 Å². The summed E-state index contributed by atoms with van der Waals surface area (Å²) < 4.78 is 0. The van der Waals surface area contributed by atoms with Crippen LogP contribution in [-0.2, 0) is 4.79 Å². The van der Waals surface area contributed by atoms with Gasteiger partial charge in [-0.2, -0.15) is 0 Å². The van der Waals surface area contributed by atoms with E-state index < -0.39 is 0 Å². The molecule has 2 atom stereocenters. The van der Waals surface area contributed by atoms with Gasteiger partial charge in [0.25, 0.3) is 0 Å². The topological polar surface area (TPSA) is 52.6 Å². The van der Waals surface area contributed by atoms with Crippen LogP contribution in [-0.4, -0.2) is 47.7 Å². The first-order valence-corrected chi connectivity index (χ1v) is 7.30. The van der Waals surface area contributed by atoms with Gasteiger partial charge >= 0.3 is 0 Å². The number of hydrogen-bond acceptors (Lipinski definition) is 3. The van der Waals surface area contributed by atoms with E-state index in [1.165, 1.54) is 25.7 Å². The van der Waals surface area contributed by atoms with Gasteiger partial charge in [0.2, 0.25) is 5.91 Å². The summed E-state index contributed by atoms with van der Waals surface area (Å²) in [7, 11) is 0. The van der Waals surface area contributed by atoms with Gasteiger partial charge in [-0.15, -0.1) is 0 Å². The van der Waals surface area contributed by atoms with Crippen LogP contribution in [0.5, 0.6) is 0 Å². The number of aliphatic hydroxyl groups is 1. The highest BCUT2D eigenvalue weighted by Gasteiger charge is 2.22. The molecule has 1 fully saturated rings. The molecular formula is C14H28N2O2. The molecular weight excluding hydrogens is 228 g/mol. The fraction of sp³-hybridized carbons (Fsp3) is 0.929. The van der Waals surface area contributed by atoms with Gasteiger partial charge in [0.1, 0.15) is 0 Å². The van der Waals surface area contributed by atoms with Crippen LogP contribution in [0.25, 0.3) is 0 Å². The summed E-state index contributed by atoms with van der Waals surface area (Å²) in [4.78, 5) is 14.4. The zero-order valence-corrected chi connectivity index (χ0v) is 11.8. The van der Waals surface area contributed by atoms with Crippen molar-refractivity contribution in [3.8, 4) is 0 Å². The Labute approximate surface area is 111 Å². The normalized spacial score (nSPS) is 21.1. The molecule has 0 bridgehead atoms. The van der Waals surface area contributed by atoms with E-state index in [1.807, 2.05) is 13.8 Å². The van der Waals surface area contributed by atoms with Crippen molar-refractivity contribution in [3.05, 3.63) is 0 Å². The van der Waals surface area contributed by atoms with Crippen LogP contribution in [0.3, 0.4) is 0 Å². The minimum atomic E-state index is -0.0281. The summed E-state index contributed by atoms with van der Waals surface area (Å²) in [6.45, 7) is 6.28. The maximum Gasteiger partial charge on any atom is 0.237 e. The van der Waals surface area contributed by atoms with Gasteiger partial charge in [0, 0.05) is 12.6 Å². The molecule has 1 heterocycles. The van der Waals surface area contributed by atoms with Crippen molar-refractivity contribution < 1.29 is 9.90 Å². The standard InChI is InChI=1S/C14H28N2O2/c1-12(8-7-11-17)15-14(18)13(2)16-9-5-3-4-6-10-16/h12-13,17H,3-11H2,1-2H3,(H,15,18). The van der Waals surface area contributed by atoms with Crippen molar-refractivity contribution in [2.75, 3.05) is 19.7 Å². The molecule has 18 heavy (non-hydrogen) atoms. The van der Waals surface area contributed by atoms with E-state index in [9.17, 15) is 4.79 Å². The van der Waals surface area contributed by atoms with Crippen LogP contribution < -0.4 is 5.32 Å². The molecule has 0 aliphatic carbocycles. The smallest absolute Gasteiger partial charge is 0.237 e. The van der Waals surface area contributed by atoms with Crippen molar-refractivity contribution >= 4 is 5.91 Å². The maximum absolute atomic E-state index is 12.1. The Kier molecular flexibility index (Phi) is 7.28. The molecule has 0 aromatic heterocycles. The van der Waals surface area contributed by atoms with Crippen molar-refractivity contribution in [3.63, 3.8) is 0 Å². The second-order valence-corrected chi connectivity index (χ2v) is 5.40. The van der Waals surface area contributed by atoms with E-state index in [-0.39, 0.29) is 24.6 Å². The number of hydrogen-bond donors (Lipinski definition) is 2. The highest BCUT2D eigenvalue weighted by atomic mass is 16.3. The molecule has 0 radical (unpaired) electrons. The van der Waals surface area contributed by atoms with Crippen LogP contribution in [0.1, 0.15) is 52.4 Å². The number of rotatable bonds is 6. The molecule has 2 N–H and O–H groups in total. The Morgan fingerprint density at radius 1 is 1.22 bits per heavy atom. The Bertz CT molecular complexity index is 238. The second kappa shape index (κ2) is 8.48. The van der Waals surface area contributed by atoms with Gasteiger partial charge in [0.15, 0.2) is 0 Å². The predicted octanol–water partition coefficient (Wildman–Crippen LogP) is 1.53. The van der Waals surface area contributed by atoms with E-state index in [4.69, 9.17) is 5.11 Å². The Hall–Kier alpha value is -0.610. The van der Waals surface area contributed by atoms with Crippen molar-refractivity contribution in [2.24, 2.45) is 0 Å². The Morgan fingerprint density at radius 2 is 1.83 bits per heavy atom. The van der Waals surface area contributed by atoms with Crippen LogP contribution >= 0.6 is 0 Å². The van der Waals surface area contributed by atoms with Crippen LogP contribution in [0.2, 0.25) is 0 Å². The molecule has 4 nitrogen and oxygen atoms in total. The highest BCUT2D eigenvalue weighted by molar-refractivity contribution is 5.81. The number of nitrogens with one attached hydrogen (secondary N) is 1.